The van der Waals surface area contributed by atoms with Gasteiger partial charge in [0.15, 0.2) is 5.79 Å². The van der Waals surface area contributed by atoms with Crippen molar-refractivity contribution in [1.29, 1.82) is 0 Å². The molecule has 1 saturated heterocycles. The van der Waals surface area contributed by atoms with Crippen molar-refractivity contribution in [3.05, 3.63) is 0 Å². The van der Waals surface area contributed by atoms with Crippen molar-refractivity contribution in [3.63, 3.8) is 0 Å². The lowest BCUT2D eigenvalue weighted by atomic mass is 9.62. The van der Waals surface area contributed by atoms with E-state index in [1.165, 1.54) is 57.9 Å². The van der Waals surface area contributed by atoms with Crippen LogP contribution in [-0.4, -0.2) is 43.5 Å². The van der Waals surface area contributed by atoms with Crippen LogP contribution in [0.25, 0.3) is 0 Å². The molecule has 0 radical (unpaired) electrons. The number of nitrogens with zero attached hydrogens (tertiary/aromatic N) is 1. The highest BCUT2D eigenvalue weighted by molar-refractivity contribution is 4.92. The van der Waals surface area contributed by atoms with Crippen molar-refractivity contribution in [2.24, 2.45) is 11.3 Å². The van der Waals surface area contributed by atoms with Crippen LogP contribution in [0.2, 0.25) is 0 Å². The summed E-state index contributed by atoms with van der Waals surface area (Å²) < 4.78 is 12.7. The average Bonchev–Trinajstić information content (AvgIpc) is 2.97. The topological polar surface area (TPSA) is 21.7 Å². The lowest BCUT2D eigenvalue weighted by Crippen LogP contribution is -2.41. The zero-order chi connectivity index (χ0) is 17.0. The van der Waals surface area contributed by atoms with Crippen molar-refractivity contribution < 1.29 is 9.47 Å². The van der Waals surface area contributed by atoms with Gasteiger partial charge in [-0.2, -0.15) is 0 Å². The summed E-state index contributed by atoms with van der Waals surface area (Å²) >= 11 is 0. The van der Waals surface area contributed by atoms with Gasteiger partial charge in [0.25, 0.3) is 0 Å². The molecule has 3 heteroatoms. The van der Waals surface area contributed by atoms with Crippen LogP contribution in [0.15, 0.2) is 0 Å². The van der Waals surface area contributed by atoms with Gasteiger partial charge in [-0.1, -0.05) is 33.1 Å². The Morgan fingerprint density at radius 3 is 2.38 bits per heavy atom. The molecule has 0 amide bonds. The fourth-order valence-electron chi connectivity index (χ4n) is 5.40. The normalized spacial score (nSPS) is 36.5. The minimum atomic E-state index is -0.227. The lowest BCUT2D eigenvalue weighted by Gasteiger charge is -2.46. The van der Waals surface area contributed by atoms with Crippen LogP contribution in [0.1, 0.15) is 84.5 Å². The fraction of sp³-hybridized carbons (Fsp3) is 1.00. The van der Waals surface area contributed by atoms with E-state index < -0.39 is 0 Å². The molecule has 2 saturated carbocycles. The van der Waals surface area contributed by atoms with E-state index in [1.54, 1.807) is 0 Å². The molecule has 0 bridgehead atoms. The highest BCUT2D eigenvalue weighted by Crippen LogP contribution is 2.51. The third kappa shape index (κ3) is 4.34. The van der Waals surface area contributed by atoms with Gasteiger partial charge in [-0.15, -0.1) is 0 Å². The molecule has 1 heterocycles. The van der Waals surface area contributed by atoms with E-state index in [4.69, 9.17) is 9.47 Å². The number of hydrogen-bond donors (Lipinski definition) is 0. The number of rotatable bonds is 6. The van der Waals surface area contributed by atoms with Gasteiger partial charge in [0.2, 0.25) is 0 Å². The van der Waals surface area contributed by atoms with Crippen LogP contribution in [0.3, 0.4) is 0 Å². The molecule has 2 aliphatic carbocycles. The minimum Gasteiger partial charge on any atom is -0.347 e. The molecule has 140 valence electrons. The minimum absolute atomic E-state index is 0.227. The summed E-state index contributed by atoms with van der Waals surface area (Å²) in [6.07, 6.45) is 14.7. The summed E-state index contributed by atoms with van der Waals surface area (Å²) in [5, 5.41) is 0. The third-order valence-corrected chi connectivity index (χ3v) is 7.08. The molecule has 3 rings (SSSR count). The Bertz CT molecular complexity index is 383. The molecule has 0 aromatic rings. The van der Waals surface area contributed by atoms with E-state index in [0.717, 1.165) is 38.3 Å². The van der Waals surface area contributed by atoms with Crippen LogP contribution >= 0.6 is 0 Å². The second-order valence-electron chi connectivity index (χ2n) is 9.04. The largest absolute Gasteiger partial charge is 0.347 e. The second-order valence-corrected chi connectivity index (χ2v) is 9.04. The second kappa shape index (κ2) is 8.05. The van der Waals surface area contributed by atoms with E-state index in [0.29, 0.717) is 11.5 Å². The quantitative estimate of drug-likeness (QED) is 0.681. The summed E-state index contributed by atoms with van der Waals surface area (Å²) in [6.45, 7) is 7.91. The Morgan fingerprint density at radius 2 is 1.71 bits per heavy atom. The first-order chi connectivity index (χ1) is 11.6. The maximum absolute atomic E-state index is 6.44. The van der Waals surface area contributed by atoms with E-state index >= 15 is 0 Å². The Balaban J connectivity index is 1.44. The van der Waals surface area contributed by atoms with Crippen molar-refractivity contribution >= 4 is 0 Å². The highest BCUT2D eigenvalue weighted by Gasteiger charge is 2.47. The first-order valence-electron chi connectivity index (χ1n) is 10.6. The smallest absolute Gasteiger partial charge is 0.168 e. The van der Waals surface area contributed by atoms with Crippen molar-refractivity contribution in [2.75, 3.05) is 26.7 Å². The molecule has 24 heavy (non-hydrogen) atoms. The molecule has 3 fully saturated rings. The molecule has 1 spiro atoms. The highest BCUT2D eigenvalue weighted by atomic mass is 16.7. The molecule has 1 aliphatic heterocycles. The molecular formula is C21H39NO2. The predicted molar refractivity (Wildman–Crippen MR) is 99.1 cm³/mol. The molecule has 3 nitrogen and oxygen atoms in total. The Hall–Kier alpha value is -0.120. The van der Waals surface area contributed by atoms with Gasteiger partial charge >= 0.3 is 0 Å². The van der Waals surface area contributed by atoms with Gasteiger partial charge < -0.3 is 14.4 Å². The molecule has 3 aliphatic rings. The Kier molecular flexibility index (Phi) is 6.26. The van der Waals surface area contributed by atoms with E-state index in [2.05, 4.69) is 25.8 Å². The van der Waals surface area contributed by atoms with Gasteiger partial charge in [-0.3, -0.25) is 0 Å². The van der Waals surface area contributed by atoms with Crippen LogP contribution in [-0.2, 0) is 9.47 Å². The van der Waals surface area contributed by atoms with Crippen LogP contribution in [0, 0.1) is 11.3 Å². The maximum Gasteiger partial charge on any atom is 0.168 e. The van der Waals surface area contributed by atoms with Crippen LogP contribution in [0.5, 0.6) is 0 Å². The van der Waals surface area contributed by atoms with E-state index in [-0.39, 0.29) is 5.79 Å². The molecule has 0 aromatic heterocycles. The fourth-order valence-corrected chi connectivity index (χ4v) is 5.40. The SMILES string of the molecule is CCCN(C)CCC1COC2(CCC(C3(C)CCCCC3)CC2)O1. The van der Waals surface area contributed by atoms with Gasteiger partial charge in [0.1, 0.15) is 0 Å². The predicted octanol–water partition coefficient (Wildman–Crippen LogP) is 4.99. The molecule has 0 N–H and O–H groups in total. The van der Waals surface area contributed by atoms with E-state index in [1.807, 2.05) is 0 Å². The lowest BCUT2D eigenvalue weighted by molar-refractivity contribution is -0.199. The maximum atomic E-state index is 6.44. The van der Waals surface area contributed by atoms with Gasteiger partial charge in [0.05, 0.1) is 12.7 Å². The number of ether oxygens (including phenoxy) is 2. The standard InChI is InChI=1S/C21H39NO2/c1-4-15-22(3)16-10-19-17-23-21(24-19)13-8-18(9-14-21)20(2)11-6-5-7-12-20/h18-19H,4-17H2,1-3H3. The molecule has 1 atom stereocenters. The number of hydrogen-bond acceptors (Lipinski definition) is 3. The van der Waals surface area contributed by atoms with Gasteiger partial charge in [-0.25, -0.2) is 0 Å². The Morgan fingerprint density at radius 1 is 1.00 bits per heavy atom. The summed E-state index contributed by atoms with van der Waals surface area (Å²) in [5.41, 5.74) is 0.598. The summed E-state index contributed by atoms with van der Waals surface area (Å²) in [5.74, 6) is 0.667. The summed E-state index contributed by atoms with van der Waals surface area (Å²) in [4.78, 5) is 2.41. The molecular weight excluding hydrogens is 298 g/mol. The Labute approximate surface area is 149 Å². The van der Waals surface area contributed by atoms with Gasteiger partial charge in [0, 0.05) is 19.4 Å². The van der Waals surface area contributed by atoms with Crippen molar-refractivity contribution in [3.8, 4) is 0 Å². The third-order valence-electron chi connectivity index (χ3n) is 7.08. The zero-order valence-corrected chi connectivity index (χ0v) is 16.3. The first kappa shape index (κ1) is 18.7. The van der Waals surface area contributed by atoms with Crippen molar-refractivity contribution in [2.45, 2.75) is 96.4 Å². The van der Waals surface area contributed by atoms with Crippen LogP contribution < -0.4 is 0 Å². The molecule has 0 aromatic carbocycles. The van der Waals surface area contributed by atoms with E-state index in [9.17, 15) is 0 Å². The summed E-state index contributed by atoms with van der Waals surface area (Å²) in [6, 6.07) is 0. The van der Waals surface area contributed by atoms with Crippen molar-refractivity contribution in [1.82, 2.24) is 4.90 Å². The molecule has 1 unspecified atom stereocenters. The first-order valence-corrected chi connectivity index (χ1v) is 10.6. The van der Waals surface area contributed by atoms with Crippen LogP contribution in [0.4, 0.5) is 0 Å². The van der Waals surface area contributed by atoms with Gasteiger partial charge in [-0.05, 0) is 63.5 Å². The zero-order valence-electron chi connectivity index (χ0n) is 16.3. The average molecular weight is 338 g/mol. The monoisotopic (exact) mass is 337 g/mol. The summed E-state index contributed by atoms with van der Waals surface area (Å²) in [7, 11) is 2.21.